The van der Waals surface area contributed by atoms with Crippen LogP contribution in [-0.2, 0) is 11.2 Å². The second-order valence-electron chi connectivity index (χ2n) is 5.00. The first-order valence-corrected chi connectivity index (χ1v) is 6.81. The molecule has 0 spiro atoms. The number of carbonyl (C=O) groups excluding carboxylic acids is 1. The molecule has 2 aromatic rings. The van der Waals surface area contributed by atoms with Gasteiger partial charge in [0.25, 0.3) is 0 Å². The molecule has 98 valence electrons. The van der Waals surface area contributed by atoms with Gasteiger partial charge in [-0.3, -0.25) is 4.79 Å². The van der Waals surface area contributed by atoms with Gasteiger partial charge in [0.1, 0.15) is 5.78 Å². The largest absolute Gasteiger partial charge is 0.299 e. The highest BCUT2D eigenvalue weighted by Gasteiger charge is 2.08. The van der Waals surface area contributed by atoms with Gasteiger partial charge in [-0.1, -0.05) is 61.8 Å². The Bertz CT molecular complexity index is 553. The molecule has 0 heterocycles. The summed E-state index contributed by atoms with van der Waals surface area (Å²) in [5, 5.41) is 0.739. The van der Waals surface area contributed by atoms with Gasteiger partial charge in [-0.05, 0) is 28.8 Å². The van der Waals surface area contributed by atoms with E-state index in [0.717, 1.165) is 21.7 Å². The molecule has 0 unspecified atom stereocenters. The number of carbonyl (C=O) groups is 1. The third kappa shape index (κ3) is 3.68. The fourth-order valence-corrected chi connectivity index (χ4v) is 1.99. The van der Waals surface area contributed by atoms with Crippen LogP contribution in [0.1, 0.15) is 19.4 Å². The first-order chi connectivity index (χ1) is 9.06. The summed E-state index contributed by atoms with van der Waals surface area (Å²) < 4.78 is 0. The van der Waals surface area contributed by atoms with Crippen LogP contribution in [0.4, 0.5) is 0 Å². The number of hydrogen-bond donors (Lipinski definition) is 0. The van der Waals surface area contributed by atoms with Crippen LogP contribution in [0.15, 0.2) is 48.5 Å². The van der Waals surface area contributed by atoms with E-state index in [1.54, 1.807) is 0 Å². The van der Waals surface area contributed by atoms with E-state index in [2.05, 4.69) is 0 Å². The van der Waals surface area contributed by atoms with E-state index in [-0.39, 0.29) is 11.7 Å². The van der Waals surface area contributed by atoms with Crippen LogP contribution in [0, 0.1) is 5.92 Å². The van der Waals surface area contributed by atoms with Gasteiger partial charge in [-0.15, -0.1) is 0 Å². The molecule has 0 saturated heterocycles. The van der Waals surface area contributed by atoms with E-state index >= 15 is 0 Å². The van der Waals surface area contributed by atoms with Gasteiger partial charge in [0.15, 0.2) is 0 Å². The highest BCUT2D eigenvalue weighted by Crippen LogP contribution is 2.22. The molecule has 2 rings (SSSR count). The molecule has 0 radical (unpaired) electrons. The van der Waals surface area contributed by atoms with Crippen LogP contribution in [-0.4, -0.2) is 5.78 Å². The Hall–Kier alpha value is -1.60. The Morgan fingerprint density at radius 3 is 1.89 bits per heavy atom. The topological polar surface area (TPSA) is 17.1 Å². The maximum absolute atomic E-state index is 11.7. The average Bonchev–Trinajstić information content (AvgIpc) is 2.40. The number of hydrogen-bond acceptors (Lipinski definition) is 1. The summed E-state index contributed by atoms with van der Waals surface area (Å²) in [5.74, 6) is 0.371. The maximum atomic E-state index is 11.7. The molecule has 0 amide bonds. The van der Waals surface area contributed by atoms with Gasteiger partial charge < -0.3 is 0 Å². The molecule has 0 N–H and O–H groups in total. The summed E-state index contributed by atoms with van der Waals surface area (Å²) in [5.41, 5.74) is 3.33. The zero-order valence-electron chi connectivity index (χ0n) is 11.2. The molecule has 2 aromatic carbocycles. The first-order valence-electron chi connectivity index (χ1n) is 6.44. The predicted octanol–water partition coefficient (Wildman–Crippen LogP) is 4.77. The van der Waals surface area contributed by atoms with Gasteiger partial charge in [0.2, 0.25) is 0 Å². The van der Waals surface area contributed by atoms with E-state index in [0.29, 0.717) is 6.42 Å². The smallest absolute Gasteiger partial charge is 0.139 e. The number of ketones is 1. The minimum atomic E-state index is 0.0935. The van der Waals surface area contributed by atoms with Gasteiger partial charge in [0, 0.05) is 17.4 Å². The number of Topliss-reactive ketones (excluding diaryl/α,β-unsaturated/α-hetero) is 1. The van der Waals surface area contributed by atoms with Crippen molar-refractivity contribution < 1.29 is 4.79 Å². The summed E-state index contributed by atoms with van der Waals surface area (Å²) in [6, 6.07) is 15.9. The standard InChI is InChI=1S/C17H17ClO/c1-12(2)17(19)11-13-3-5-14(6-4-13)15-7-9-16(18)10-8-15/h3-10,12H,11H2,1-2H3. The molecule has 1 nitrogen and oxygen atoms in total. The first kappa shape index (κ1) is 13.8. The minimum absolute atomic E-state index is 0.0935. The van der Waals surface area contributed by atoms with Gasteiger partial charge in [-0.25, -0.2) is 0 Å². The van der Waals surface area contributed by atoms with Crippen LogP contribution in [0.5, 0.6) is 0 Å². The normalized spacial score (nSPS) is 10.7. The van der Waals surface area contributed by atoms with Crippen molar-refractivity contribution in [3.05, 3.63) is 59.1 Å². The van der Waals surface area contributed by atoms with E-state index in [4.69, 9.17) is 11.6 Å². The quantitative estimate of drug-likeness (QED) is 0.783. The summed E-state index contributed by atoms with van der Waals surface area (Å²) in [7, 11) is 0. The van der Waals surface area contributed by atoms with Crippen molar-refractivity contribution in [3.63, 3.8) is 0 Å². The second-order valence-corrected chi connectivity index (χ2v) is 5.44. The van der Waals surface area contributed by atoms with E-state index in [1.807, 2.05) is 62.4 Å². The highest BCUT2D eigenvalue weighted by molar-refractivity contribution is 6.30. The van der Waals surface area contributed by atoms with Gasteiger partial charge in [0.05, 0.1) is 0 Å². The summed E-state index contributed by atoms with van der Waals surface area (Å²) in [4.78, 5) is 11.7. The van der Waals surface area contributed by atoms with Crippen molar-refractivity contribution in [1.82, 2.24) is 0 Å². The molecule has 0 aliphatic heterocycles. The average molecular weight is 273 g/mol. The molecule has 0 atom stereocenters. The monoisotopic (exact) mass is 272 g/mol. The van der Waals surface area contributed by atoms with Gasteiger partial charge in [-0.2, -0.15) is 0 Å². The number of rotatable bonds is 4. The van der Waals surface area contributed by atoms with Crippen LogP contribution in [0.25, 0.3) is 11.1 Å². The SMILES string of the molecule is CC(C)C(=O)Cc1ccc(-c2ccc(Cl)cc2)cc1. The fraction of sp³-hybridized carbons (Fsp3) is 0.235. The molecular weight excluding hydrogens is 256 g/mol. The van der Waals surface area contributed by atoms with Crippen LogP contribution in [0.3, 0.4) is 0 Å². The Morgan fingerprint density at radius 2 is 1.42 bits per heavy atom. The van der Waals surface area contributed by atoms with Crippen LogP contribution in [0.2, 0.25) is 5.02 Å². The van der Waals surface area contributed by atoms with Crippen molar-refractivity contribution in [1.29, 1.82) is 0 Å². The van der Waals surface area contributed by atoms with Crippen molar-refractivity contribution in [2.45, 2.75) is 20.3 Å². The number of halogens is 1. The highest BCUT2D eigenvalue weighted by atomic mass is 35.5. The summed E-state index contributed by atoms with van der Waals surface area (Å²) >= 11 is 5.87. The Morgan fingerprint density at radius 1 is 0.947 bits per heavy atom. The minimum Gasteiger partial charge on any atom is -0.299 e. The predicted molar refractivity (Wildman–Crippen MR) is 80.4 cm³/mol. The molecular formula is C17H17ClO. The molecule has 0 bridgehead atoms. The fourth-order valence-electron chi connectivity index (χ4n) is 1.86. The second kappa shape index (κ2) is 6.03. The van der Waals surface area contributed by atoms with E-state index in [9.17, 15) is 4.79 Å². The lowest BCUT2D eigenvalue weighted by molar-refractivity contribution is -0.121. The maximum Gasteiger partial charge on any atom is 0.139 e. The Kier molecular flexibility index (Phi) is 4.39. The van der Waals surface area contributed by atoms with Crippen molar-refractivity contribution in [2.75, 3.05) is 0 Å². The van der Waals surface area contributed by atoms with Crippen molar-refractivity contribution in [2.24, 2.45) is 5.92 Å². The zero-order chi connectivity index (χ0) is 13.8. The van der Waals surface area contributed by atoms with Crippen LogP contribution >= 0.6 is 11.6 Å². The third-order valence-corrected chi connectivity index (χ3v) is 3.41. The summed E-state index contributed by atoms with van der Waals surface area (Å²) in [6.45, 7) is 3.87. The third-order valence-electron chi connectivity index (χ3n) is 3.15. The lowest BCUT2D eigenvalue weighted by Crippen LogP contribution is -2.09. The molecule has 0 fully saturated rings. The van der Waals surface area contributed by atoms with Crippen LogP contribution < -0.4 is 0 Å². The van der Waals surface area contributed by atoms with Gasteiger partial charge >= 0.3 is 0 Å². The van der Waals surface area contributed by atoms with E-state index in [1.165, 1.54) is 0 Å². The lowest BCUT2D eigenvalue weighted by Gasteiger charge is -2.06. The Balaban J connectivity index is 2.14. The molecule has 0 aromatic heterocycles. The van der Waals surface area contributed by atoms with Crippen molar-refractivity contribution in [3.8, 4) is 11.1 Å². The van der Waals surface area contributed by atoms with E-state index < -0.39 is 0 Å². The molecule has 2 heteroatoms. The zero-order valence-corrected chi connectivity index (χ0v) is 11.9. The molecule has 0 aliphatic carbocycles. The molecule has 0 aliphatic rings. The lowest BCUT2D eigenvalue weighted by atomic mass is 9.98. The Labute approximate surface area is 119 Å². The van der Waals surface area contributed by atoms with Crippen molar-refractivity contribution >= 4 is 17.4 Å². The number of benzene rings is 2. The molecule has 0 saturated carbocycles. The summed E-state index contributed by atoms with van der Waals surface area (Å²) in [6.07, 6.45) is 0.512. The molecule has 19 heavy (non-hydrogen) atoms.